The number of esters is 1. The van der Waals surface area contributed by atoms with Crippen molar-refractivity contribution in [3.63, 3.8) is 0 Å². The van der Waals surface area contributed by atoms with Gasteiger partial charge in [0.05, 0.1) is 0 Å². The number of benzene rings is 2. The lowest BCUT2D eigenvalue weighted by molar-refractivity contribution is -0.133. The Bertz CT molecular complexity index is 671. The summed E-state index contributed by atoms with van der Waals surface area (Å²) in [4.78, 5) is 12.2. The molecule has 19 heavy (non-hydrogen) atoms. The number of rotatable bonds is 1. The average Bonchev–Trinajstić information content (AvgIpc) is 2.71. The van der Waals surface area contributed by atoms with Crippen molar-refractivity contribution >= 4 is 5.97 Å². The summed E-state index contributed by atoms with van der Waals surface area (Å²) in [7, 11) is 0. The standard InChI is InChI=1S/C17H16O2/c1-10-6-4-8-13(12(10)3)15-14-9-5-7-11(2)16(14)19-17(15)18/h4-9,15H,1-3H3. The number of ether oxygens (including phenoxy) is 1. The van der Waals surface area contributed by atoms with Crippen molar-refractivity contribution in [2.45, 2.75) is 26.7 Å². The number of carbonyl (C=O) groups excluding carboxylic acids is 1. The van der Waals surface area contributed by atoms with Crippen molar-refractivity contribution < 1.29 is 9.53 Å². The first-order valence-corrected chi connectivity index (χ1v) is 6.47. The predicted molar refractivity (Wildman–Crippen MR) is 74.6 cm³/mol. The molecule has 3 rings (SSSR count). The third kappa shape index (κ3) is 1.75. The van der Waals surface area contributed by atoms with Crippen molar-refractivity contribution in [1.29, 1.82) is 0 Å². The van der Waals surface area contributed by atoms with Gasteiger partial charge < -0.3 is 4.74 Å². The summed E-state index contributed by atoms with van der Waals surface area (Å²) in [6.07, 6.45) is 0. The van der Waals surface area contributed by atoms with Crippen molar-refractivity contribution in [2.75, 3.05) is 0 Å². The van der Waals surface area contributed by atoms with Gasteiger partial charge in [0.2, 0.25) is 0 Å². The van der Waals surface area contributed by atoms with Crippen LogP contribution < -0.4 is 4.74 Å². The minimum absolute atomic E-state index is 0.169. The lowest BCUT2D eigenvalue weighted by Crippen LogP contribution is -2.13. The van der Waals surface area contributed by atoms with Crippen LogP contribution in [0.4, 0.5) is 0 Å². The second-order valence-electron chi connectivity index (χ2n) is 5.14. The summed E-state index contributed by atoms with van der Waals surface area (Å²) < 4.78 is 5.46. The first-order chi connectivity index (χ1) is 9.09. The summed E-state index contributed by atoms with van der Waals surface area (Å²) in [5.74, 6) is 0.284. The van der Waals surface area contributed by atoms with Crippen LogP contribution in [-0.2, 0) is 4.79 Å². The number of fused-ring (bicyclic) bond motifs is 1. The van der Waals surface area contributed by atoms with E-state index >= 15 is 0 Å². The van der Waals surface area contributed by atoms with Gasteiger partial charge in [0.15, 0.2) is 0 Å². The first-order valence-electron chi connectivity index (χ1n) is 6.47. The molecule has 2 heteroatoms. The van der Waals surface area contributed by atoms with Gasteiger partial charge in [-0.3, -0.25) is 4.79 Å². The zero-order valence-corrected chi connectivity index (χ0v) is 11.4. The molecule has 1 heterocycles. The van der Waals surface area contributed by atoms with E-state index in [1.54, 1.807) is 0 Å². The van der Waals surface area contributed by atoms with Crippen LogP contribution in [0.3, 0.4) is 0 Å². The van der Waals surface area contributed by atoms with Gasteiger partial charge in [-0.05, 0) is 43.0 Å². The van der Waals surface area contributed by atoms with Crippen LogP contribution >= 0.6 is 0 Å². The Hall–Kier alpha value is -2.09. The third-order valence-corrected chi connectivity index (χ3v) is 3.95. The molecule has 96 valence electrons. The van der Waals surface area contributed by atoms with Gasteiger partial charge in [-0.15, -0.1) is 0 Å². The molecule has 0 aromatic heterocycles. The quantitative estimate of drug-likeness (QED) is 0.572. The third-order valence-electron chi connectivity index (χ3n) is 3.95. The maximum atomic E-state index is 12.2. The van der Waals surface area contributed by atoms with Gasteiger partial charge in [-0.1, -0.05) is 36.4 Å². The molecule has 0 radical (unpaired) electrons. The number of hydrogen-bond donors (Lipinski definition) is 0. The minimum Gasteiger partial charge on any atom is -0.425 e. The Morgan fingerprint density at radius 1 is 0.895 bits per heavy atom. The van der Waals surface area contributed by atoms with E-state index in [1.165, 1.54) is 11.1 Å². The molecular formula is C17H16O2. The topological polar surface area (TPSA) is 26.3 Å². The highest BCUT2D eigenvalue weighted by Crippen LogP contribution is 2.42. The van der Waals surface area contributed by atoms with Gasteiger partial charge in [-0.2, -0.15) is 0 Å². The van der Waals surface area contributed by atoms with Crippen LogP contribution in [0.1, 0.15) is 33.7 Å². The molecule has 0 spiro atoms. The fourth-order valence-corrected chi connectivity index (χ4v) is 2.71. The molecule has 2 nitrogen and oxygen atoms in total. The summed E-state index contributed by atoms with van der Waals surface area (Å²) in [6, 6.07) is 12.0. The van der Waals surface area contributed by atoms with Crippen LogP contribution in [-0.4, -0.2) is 5.97 Å². The molecule has 2 aromatic rings. The lowest BCUT2D eigenvalue weighted by atomic mass is 9.87. The summed E-state index contributed by atoms with van der Waals surface area (Å²) >= 11 is 0. The SMILES string of the molecule is Cc1cccc(C2C(=O)Oc3c(C)cccc32)c1C. The fourth-order valence-electron chi connectivity index (χ4n) is 2.71. The average molecular weight is 252 g/mol. The molecule has 1 aliphatic rings. The lowest BCUT2D eigenvalue weighted by Gasteiger charge is -2.13. The maximum absolute atomic E-state index is 12.2. The molecule has 0 amide bonds. The van der Waals surface area contributed by atoms with Gasteiger partial charge >= 0.3 is 5.97 Å². The van der Waals surface area contributed by atoms with Crippen LogP contribution in [0, 0.1) is 20.8 Å². The number of hydrogen-bond acceptors (Lipinski definition) is 2. The van der Waals surface area contributed by atoms with E-state index in [-0.39, 0.29) is 11.9 Å². The minimum atomic E-state index is -0.283. The van der Waals surface area contributed by atoms with Crippen molar-refractivity contribution in [1.82, 2.24) is 0 Å². The first kappa shape index (κ1) is 12.0. The smallest absolute Gasteiger partial charge is 0.323 e. The van der Waals surface area contributed by atoms with Crippen LogP contribution in [0.25, 0.3) is 0 Å². The largest absolute Gasteiger partial charge is 0.425 e. The molecule has 0 N–H and O–H groups in total. The second kappa shape index (κ2) is 4.23. The summed E-state index contributed by atoms with van der Waals surface area (Å²) in [5.41, 5.74) is 5.41. The number of aryl methyl sites for hydroxylation is 2. The number of carbonyl (C=O) groups is 1. The molecule has 0 fully saturated rings. The van der Waals surface area contributed by atoms with Crippen molar-refractivity contribution in [3.05, 3.63) is 64.2 Å². The van der Waals surface area contributed by atoms with Crippen LogP contribution in [0.2, 0.25) is 0 Å². The predicted octanol–water partition coefficient (Wildman–Crippen LogP) is 3.66. The van der Waals surface area contributed by atoms with Crippen molar-refractivity contribution in [2.24, 2.45) is 0 Å². The molecule has 1 unspecified atom stereocenters. The molecule has 0 saturated heterocycles. The zero-order chi connectivity index (χ0) is 13.6. The zero-order valence-electron chi connectivity index (χ0n) is 11.4. The molecule has 0 aliphatic carbocycles. The molecular weight excluding hydrogens is 236 g/mol. The van der Waals surface area contributed by atoms with Crippen LogP contribution in [0.5, 0.6) is 5.75 Å². The van der Waals surface area contributed by atoms with Gasteiger partial charge in [0, 0.05) is 5.56 Å². The van der Waals surface area contributed by atoms with Crippen molar-refractivity contribution in [3.8, 4) is 5.75 Å². The van der Waals surface area contributed by atoms with E-state index in [2.05, 4.69) is 19.9 Å². The highest BCUT2D eigenvalue weighted by molar-refractivity contribution is 5.90. The van der Waals surface area contributed by atoms with E-state index in [1.807, 2.05) is 37.3 Å². The Morgan fingerprint density at radius 3 is 2.26 bits per heavy atom. The monoisotopic (exact) mass is 252 g/mol. The van der Waals surface area contributed by atoms with E-state index in [0.717, 1.165) is 22.4 Å². The van der Waals surface area contributed by atoms with E-state index in [0.29, 0.717) is 0 Å². The molecule has 1 atom stereocenters. The molecule has 2 aromatic carbocycles. The molecule has 0 saturated carbocycles. The van der Waals surface area contributed by atoms with E-state index < -0.39 is 0 Å². The Balaban J connectivity index is 2.20. The Kier molecular flexibility index (Phi) is 2.67. The number of para-hydroxylation sites is 1. The van der Waals surface area contributed by atoms with Gasteiger partial charge in [0.25, 0.3) is 0 Å². The Labute approximate surface area is 113 Å². The Morgan fingerprint density at radius 2 is 1.53 bits per heavy atom. The van der Waals surface area contributed by atoms with Gasteiger partial charge in [-0.25, -0.2) is 0 Å². The second-order valence-corrected chi connectivity index (χ2v) is 5.14. The van der Waals surface area contributed by atoms with Crippen LogP contribution in [0.15, 0.2) is 36.4 Å². The van der Waals surface area contributed by atoms with E-state index in [9.17, 15) is 4.79 Å². The maximum Gasteiger partial charge on any atom is 0.323 e. The van der Waals surface area contributed by atoms with Gasteiger partial charge in [0.1, 0.15) is 11.7 Å². The van der Waals surface area contributed by atoms with E-state index in [4.69, 9.17) is 4.74 Å². The highest BCUT2D eigenvalue weighted by Gasteiger charge is 2.36. The summed E-state index contributed by atoms with van der Waals surface area (Å²) in [5, 5.41) is 0. The highest BCUT2D eigenvalue weighted by atomic mass is 16.5. The normalized spacial score (nSPS) is 17.2. The molecule has 0 bridgehead atoms. The molecule has 1 aliphatic heterocycles. The fraction of sp³-hybridized carbons (Fsp3) is 0.235. The summed E-state index contributed by atoms with van der Waals surface area (Å²) in [6.45, 7) is 6.10.